The van der Waals surface area contributed by atoms with Gasteiger partial charge in [0.15, 0.2) is 5.82 Å². The fourth-order valence-electron chi connectivity index (χ4n) is 1.29. The number of anilines is 1. The van der Waals surface area contributed by atoms with E-state index in [-0.39, 0.29) is 0 Å². The van der Waals surface area contributed by atoms with E-state index in [1.807, 2.05) is 30.8 Å². The van der Waals surface area contributed by atoms with Crippen LogP contribution < -0.4 is 5.32 Å². The van der Waals surface area contributed by atoms with Crippen LogP contribution in [0.3, 0.4) is 0 Å². The lowest BCUT2D eigenvalue weighted by Gasteiger charge is -2.01. The van der Waals surface area contributed by atoms with Gasteiger partial charge in [0, 0.05) is 13.2 Å². The Hall–Kier alpha value is -1.58. The highest BCUT2D eigenvalue weighted by Gasteiger charge is 2.03. The molecule has 0 spiro atoms. The molecule has 0 saturated carbocycles. The molecule has 12 heavy (non-hydrogen) atoms. The number of aromatic nitrogens is 3. The Morgan fingerprint density at radius 2 is 2.33 bits per heavy atom. The molecule has 0 aliphatic carbocycles. The van der Waals surface area contributed by atoms with Crippen LogP contribution in [0.15, 0.2) is 18.6 Å². The average molecular weight is 162 g/mol. The van der Waals surface area contributed by atoms with Crippen LogP contribution in [0, 0.1) is 6.92 Å². The minimum Gasteiger partial charge on any atom is -0.371 e. The third kappa shape index (κ3) is 0.845. The minimum absolute atomic E-state index is 0.868. The largest absolute Gasteiger partial charge is 0.371 e. The summed E-state index contributed by atoms with van der Waals surface area (Å²) in [7, 11) is 1.86. The zero-order valence-electron chi connectivity index (χ0n) is 7.07. The molecule has 0 radical (unpaired) electrons. The maximum atomic E-state index is 4.12. The van der Waals surface area contributed by atoms with Crippen LogP contribution in [-0.4, -0.2) is 21.6 Å². The SMILES string of the molecule is CNc1ncnn2ccc(C)c12. The van der Waals surface area contributed by atoms with E-state index in [0.717, 1.165) is 11.3 Å². The van der Waals surface area contributed by atoms with Gasteiger partial charge in [0.2, 0.25) is 0 Å². The molecule has 2 aromatic rings. The molecule has 0 aromatic carbocycles. The lowest BCUT2D eigenvalue weighted by atomic mass is 10.3. The Morgan fingerprint density at radius 3 is 3.08 bits per heavy atom. The van der Waals surface area contributed by atoms with E-state index in [2.05, 4.69) is 15.4 Å². The Kier molecular flexibility index (Phi) is 1.46. The zero-order chi connectivity index (χ0) is 8.55. The molecule has 0 unspecified atom stereocenters. The molecule has 0 atom stereocenters. The van der Waals surface area contributed by atoms with Crippen molar-refractivity contribution in [2.75, 3.05) is 12.4 Å². The number of aryl methyl sites for hydroxylation is 1. The maximum Gasteiger partial charge on any atom is 0.153 e. The van der Waals surface area contributed by atoms with Crippen molar-refractivity contribution in [1.29, 1.82) is 0 Å². The second kappa shape index (κ2) is 2.48. The van der Waals surface area contributed by atoms with Gasteiger partial charge in [-0.15, -0.1) is 0 Å². The first kappa shape index (κ1) is 7.09. The van der Waals surface area contributed by atoms with Crippen molar-refractivity contribution < 1.29 is 0 Å². The van der Waals surface area contributed by atoms with E-state index >= 15 is 0 Å². The van der Waals surface area contributed by atoms with Gasteiger partial charge in [-0.25, -0.2) is 9.50 Å². The van der Waals surface area contributed by atoms with Gasteiger partial charge in [0.05, 0.1) is 0 Å². The molecule has 2 aromatic heterocycles. The first-order valence-electron chi connectivity index (χ1n) is 3.79. The summed E-state index contributed by atoms with van der Waals surface area (Å²) in [6.45, 7) is 2.04. The Balaban J connectivity index is 2.84. The molecule has 0 fully saturated rings. The summed E-state index contributed by atoms with van der Waals surface area (Å²) in [4.78, 5) is 4.12. The third-order valence-corrected chi connectivity index (χ3v) is 1.89. The summed E-state index contributed by atoms with van der Waals surface area (Å²) in [5.41, 5.74) is 2.22. The predicted octanol–water partition coefficient (Wildman–Crippen LogP) is 1.08. The lowest BCUT2D eigenvalue weighted by molar-refractivity contribution is 0.904. The summed E-state index contributed by atoms with van der Waals surface area (Å²) in [6, 6.07) is 2.02. The third-order valence-electron chi connectivity index (χ3n) is 1.89. The van der Waals surface area contributed by atoms with Gasteiger partial charge in [-0.1, -0.05) is 0 Å². The van der Waals surface area contributed by atoms with Crippen molar-refractivity contribution >= 4 is 11.3 Å². The molecule has 4 nitrogen and oxygen atoms in total. The molecule has 2 heterocycles. The van der Waals surface area contributed by atoms with E-state index in [0.29, 0.717) is 0 Å². The van der Waals surface area contributed by atoms with E-state index in [1.165, 1.54) is 11.9 Å². The average Bonchev–Trinajstić information content (AvgIpc) is 2.48. The summed E-state index contributed by atoms with van der Waals surface area (Å²) in [5.74, 6) is 0.868. The van der Waals surface area contributed by atoms with E-state index in [4.69, 9.17) is 0 Å². The number of nitrogens with one attached hydrogen (secondary N) is 1. The fourth-order valence-corrected chi connectivity index (χ4v) is 1.29. The summed E-state index contributed by atoms with van der Waals surface area (Å²) in [5, 5.41) is 7.10. The van der Waals surface area contributed by atoms with Crippen molar-refractivity contribution in [1.82, 2.24) is 14.6 Å². The van der Waals surface area contributed by atoms with Gasteiger partial charge in [0.1, 0.15) is 11.8 Å². The summed E-state index contributed by atoms with van der Waals surface area (Å²) < 4.78 is 1.81. The van der Waals surface area contributed by atoms with Crippen LogP contribution in [-0.2, 0) is 0 Å². The molecule has 1 N–H and O–H groups in total. The second-order valence-corrected chi connectivity index (χ2v) is 2.65. The number of fused-ring (bicyclic) bond motifs is 1. The standard InChI is InChI=1S/C8H10N4/c1-6-3-4-12-7(6)8(9-2)10-5-11-12/h3-5H,1-2H3,(H,9,10,11). The summed E-state index contributed by atoms with van der Waals surface area (Å²) in [6.07, 6.45) is 3.46. The highest BCUT2D eigenvalue weighted by atomic mass is 15.2. The van der Waals surface area contributed by atoms with Crippen LogP contribution in [0.2, 0.25) is 0 Å². The Labute approximate surface area is 70.2 Å². The zero-order valence-corrected chi connectivity index (χ0v) is 7.07. The molecule has 2 rings (SSSR count). The Morgan fingerprint density at radius 1 is 1.50 bits per heavy atom. The van der Waals surface area contributed by atoms with Gasteiger partial charge in [0.25, 0.3) is 0 Å². The highest BCUT2D eigenvalue weighted by Crippen LogP contribution is 2.16. The van der Waals surface area contributed by atoms with Crippen LogP contribution >= 0.6 is 0 Å². The topological polar surface area (TPSA) is 42.2 Å². The molecule has 4 heteroatoms. The van der Waals surface area contributed by atoms with Crippen molar-refractivity contribution in [3.63, 3.8) is 0 Å². The van der Waals surface area contributed by atoms with Gasteiger partial charge in [-0.2, -0.15) is 5.10 Å². The van der Waals surface area contributed by atoms with Gasteiger partial charge in [-0.3, -0.25) is 0 Å². The number of nitrogens with zero attached hydrogens (tertiary/aromatic N) is 3. The number of hydrogen-bond donors (Lipinski definition) is 1. The van der Waals surface area contributed by atoms with Crippen molar-refractivity contribution in [2.45, 2.75) is 6.92 Å². The number of rotatable bonds is 1. The Bertz CT molecular complexity index is 404. The maximum absolute atomic E-state index is 4.12. The van der Waals surface area contributed by atoms with E-state index < -0.39 is 0 Å². The molecular formula is C8H10N4. The molecule has 0 amide bonds. The van der Waals surface area contributed by atoms with Crippen LogP contribution in [0.5, 0.6) is 0 Å². The smallest absolute Gasteiger partial charge is 0.153 e. The summed E-state index contributed by atoms with van der Waals surface area (Å²) >= 11 is 0. The highest BCUT2D eigenvalue weighted by molar-refractivity contribution is 5.71. The molecular weight excluding hydrogens is 152 g/mol. The normalized spacial score (nSPS) is 10.5. The van der Waals surface area contributed by atoms with Gasteiger partial charge >= 0.3 is 0 Å². The van der Waals surface area contributed by atoms with Crippen LogP contribution in [0.25, 0.3) is 5.52 Å². The molecule has 0 aliphatic rings. The van der Waals surface area contributed by atoms with Crippen molar-refractivity contribution in [2.24, 2.45) is 0 Å². The second-order valence-electron chi connectivity index (χ2n) is 2.65. The van der Waals surface area contributed by atoms with E-state index in [9.17, 15) is 0 Å². The molecule has 0 aliphatic heterocycles. The monoisotopic (exact) mass is 162 g/mol. The van der Waals surface area contributed by atoms with Crippen molar-refractivity contribution in [3.05, 3.63) is 24.2 Å². The van der Waals surface area contributed by atoms with Crippen molar-refractivity contribution in [3.8, 4) is 0 Å². The molecule has 0 bridgehead atoms. The predicted molar refractivity (Wildman–Crippen MR) is 47.3 cm³/mol. The fraction of sp³-hybridized carbons (Fsp3) is 0.250. The van der Waals surface area contributed by atoms with Crippen LogP contribution in [0.4, 0.5) is 5.82 Å². The first-order chi connectivity index (χ1) is 5.83. The van der Waals surface area contributed by atoms with Gasteiger partial charge in [-0.05, 0) is 18.6 Å². The number of hydrogen-bond acceptors (Lipinski definition) is 3. The quantitative estimate of drug-likeness (QED) is 0.682. The lowest BCUT2D eigenvalue weighted by Crippen LogP contribution is -1.99. The van der Waals surface area contributed by atoms with Crippen LogP contribution in [0.1, 0.15) is 5.56 Å². The molecule has 0 saturated heterocycles. The first-order valence-corrected chi connectivity index (χ1v) is 3.79. The van der Waals surface area contributed by atoms with E-state index in [1.54, 1.807) is 0 Å². The molecule has 62 valence electrons. The van der Waals surface area contributed by atoms with Gasteiger partial charge < -0.3 is 5.32 Å². The minimum atomic E-state index is 0.868.